The van der Waals surface area contributed by atoms with E-state index in [0.717, 1.165) is 41.5 Å². The van der Waals surface area contributed by atoms with Crippen molar-refractivity contribution in [2.75, 3.05) is 0 Å². The second-order valence-corrected chi connectivity index (χ2v) is 7.62. The summed E-state index contributed by atoms with van der Waals surface area (Å²) in [6, 6.07) is 23.5. The predicted octanol–water partition coefficient (Wildman–Crippen LogP) is 6.95. The van der Waals surface area contributed by atoms with Gasteiger partial charge in [0.25, 0.3) is 0 Å². The van der Waals surface area contributed by atoms with Crippen molar-refractivity contribution in [1.29, 1.82) is 0 Å². The van der Waals surface area contributed by atoms with E-state index in [1.165, 1.54) is 29.5 Å². The summed E-state index contributed by atoms with van der Waals surface area (Å²) >= 11 is 0. The molecule has 0 aliphatic rings. The molecule has 0 atom stereocenters. The highest BCUT2D eigenvalue weighted by Gasteiger charge is 2.00. The van der Waals surface area contributed by atoms with Gasteiger partial charge in [0.15, 0.2) is 0 Å². The van der Waals surface area contributed by atoms with Gasteiger partial charge >= 0.3 is 0 Å². The van der Waals surface area contributed by atoms with E-state index in [1.54, 1.807) is 0 Å². The summed E-state index contributed by atoms with van der Waals surface area (Å²) in [4.78, 5) is 0. The lowest BCUT2D eigenvalue weighted by atomic mass is 10.0. The van der Waals surface area contributed by atoms with Crippen molar-refractivity contribution in [2.45, 2.75) is 52.9 Å². The summed E-state index contributed by atoms with van der Waals surface area (Å²) in [5.74, 6) is 13.3. The fourth-order valence-corrected chi connectivity index (χ4v) is 3.46. The minimum absolute atomic E-state index is 0.945. The molecule has 3 aromatic rings. The molecule has 30 heavy (non-hydrogen) atoms. The molecule has 0 unspecified atom stereocenters. The van der Waals surface area contributed by atoms with Crippen LogP contribution in [-0.4, -0.2) is 0 Å². The quantitative estimate of drug-likeness (QED) is 0.413. The number of rotatable bonds is 5. The zero-order valence-electron chi connectivity index (χ0n) is 18.4. The first kappa shape index (κ1) is 21.5. The van der Waals surface area contributed by atoms with Crippen LogP contribution in [0.5, 0.6) is 0 Å². The van der Waals surface area contributed by atoms with Crippen LogP contribution < -0.4 is 0 Å². The monoisotopic (exact) mass is 390 g/mol. The van der Waals surface area contributed by atoms with Crippen molar-refractivity contribution in [3.8, 4) is 23.7 Å². The van der Waals surface area contributed by atoms with Crippen molar-refractivity contribution in [3.63, 3.8) is 0 Å². The summed E-state index contributed by atoms with van der Waals surface area (Å²) < 4.78 is 0. The summed E-state index contributed by atoms with van der Waals surface area (Å²) in [5, 5.41) is 0. The third kappa shape index (κ3) is 6.14. The lowest BCUT2D eigenvalue weighted by Crippen LogP contribution is -1.90. The minimum atomic E-state index is 0.945. The predicted molar refractivity (Wildman–Crippen MR) is 129 cm³/mol. The lowest BCUT2D eigenvalue weighted by Gasteiger charge is -2.02. The van der Waals surface area contributed by atoms with Crippen molar-refractivity contribution >= 4 is 0 Å². The van der Waals surface area contributed by atoms with Gasteiger partial charge in [0.2, 0.25) is 0 Å². The highest BCUT2D eigenvalue weighted by atomic mass is 14.0. The summed E-state index contributed by atoms with van der Waals surface area (Å²) in [7, 11) is 0. The first-order valence-corrected chi connectivity index (χ1v) is 11.1. The van der Waals surface area contributed by atoms with Gasteiger partial charge in [-0.15, -0.1) is 0 Å². The van der Waals surface area contributed by atoms with E-state index < -0.39 is 0 Å². The van der Waals surface area contributed by atoms with E-state index in [4.69, 9.17) is 0 Å². The van der Waals surface area contributed by atoms with Gasteiger partial charge in [0, 0.05) is 22.3 Å². The van der Waals surface area contributed by atoms with Crippen LogP contribution in [0.1, 0.15) is 72.6 Å². The van der Waals surface area contributed by atoms with Gasteiger partial charge in [-0.1, -0.05) is 81.6 Å². The Hall–Kier alpha value is -3.22. The van der Waals surface area contributed by atoms with Crippen LogP contribution in [0.25, 0.3) is 0 Å². The van der Waals surface area contributed by atoms with Gasteiger partial charge in [-0.25, -0.2) is 0 Å². The lowest BCUT2D eigenvalue weighted by molar-refractivity contribution is 0.922. The number of hydrogen-bond donors (Lipinski definition) is 0. The second-order valence-electron chi connectivity index (χ2n) is 7.62. The van der Waals surface area contributed by atoms with Crippen LogP contribution >= 0.6 is 0 Å². The van der Waals surface area contributed by atoms with E-state index in [-0.39, 0.29) is 0 Å². The number of aryl methyl sites for hydroxylation is 3. The van der Waals surface area contributed by atoms with Gasteiger partial charge < -0.3 is 0 Å². The third-order valence-electron chi connectivity index (χ3n) is 5.16. The van der Waals surface area contributed by atoms with Gasteiger partial charge in [0.1, 0.15) is 0 Å². The molecular formula is C30H30. The largest absolute Gasteiger partial charge is 0.0651 e. The molecule has 0 heterocycles. The molecule has 0 aliphatic carbocycles. The van der Waals surface area contributed by atoms with E-state index in [1.807, 2.05) is 0 Å². The first-order chi connectivity index (χ1) is 14.7. The molecule has 150 valence electrons. The molecule has 0 radical (unpaired) electrons. The summed E-state index contributed by atoms with van der Waals surface area (Å²) in [6.07, 6.45) is 5.53. The van der Waals surface area contributed by atoms with Crippen LogP contribution in [0.2, 0.25) is 0 Å². The summed E-state index contributed by atoms with van der Waals surface area (Å²) in [5.41, 5.74) is 8.24. The molecule has 0 nitrogen and oxygen atoms in total. The Labute approximate surface area is 182 Å². The van der Waals surface area contributed by atoms with Crippen LogP contribution in [-0.2, 0) is 19.3 Å². The highest BCUT2D eigenvalue weighted by molar-refractivity contribution is 5.52. The average Bonchev–Trinajstić information content (AvgIpc) is 2.79. The molecule has 0 N–H and O–H groups in total. The molecular weight excluding hydrogens is 360 g/mol. The zero-order valence-corrected chi connectivity index (χ0v) is 18.4. The molecule has 0 bridgehead atoms. The first-order valence-electron chi connectivity index (χ1n) is 11.1. The van der Waals surface area contributed by atoms with E-state index in [9.17, 15) is 0 Å². The molecule has 0 spiro atoms. The molecule has 0 heteroatoms. The van der Waals surface area contributed by atoms with E-state index >= 15 is 0 Å². The smallest absolute Gasteiger partial charge is 0.0281 e. The molecule has 0 fully saturated rings. The average molecular weight is 391 g/mol. The second kappa shape index (κ2) is 11.1. The molecule has 0 saturated heterocycles. The third-order valence-corrected chi connectivity index (χ3v) is 5.16. The summed E-state index contributed by atoms with van der Waals surface area (Å²) in [6.45, 7) is 6.58. The Morgan fingerprint density at radius 1 is 0.533 bits per heavy atom. The van der Waals surface area contributed by atoms with Crippen molar-refractivity contribution in [3.05, 3.63) is 106 Å². The maximum absolute atomic E-state index is 3.35. The number of benzene rings is 3. The Balaban J connectivity index is 1.76. The molecule has 0 saturated carbocycles. The molecule has 0 aliphatic heterocycles. The maximum atomic E-state index is 3.35. The van der Waals surface area contributed by atoms with Crippen molar-refractivity contribution in [1.82, 2.24) is 0 Å². The van der Waals surface area contributed by atoms with Crippen molar-refractivity contribution in [2.24, 2.45) is 0 Å². The van der Waals surface area contributed by atoms with Crippen LogP contribution in [0.15, 0.2) is 66.7 Å². The van der Waals surface area contributed by atoms with E-state index in [2.05, 4.69) is 111 Å². The van der Waals surface area contributed by atoms with Gasteiger partial charge in [-0.05, 0) is 78.4 Å². The molecule has 0 amide bonds. The molecule has 0 aromatic heterocycles. The van der Waals surface area contributed by atoms with Crippen LogP contribution in [0, 0.1) is 23.7 Å². The molecule has 3 rings (SSSR count). The maximum Gasteiger partial charge on any atom is 0.0281 e. The topological polar surface area (TPSA) is 0 Å². The van der Waals surface area contributed by atoms with Gasteiger partial charge in [-0.3, -0.25) is 0 Å². The van der Waals surface area contributed by atoms with Crippen molar-refractivity contribution < 1.29 is 0 Å². The normalized spacial score (nSPS) is 9.97. The standard InChI is InChI=1S/C30H30/c1-4-7-24-9-13-26(14-10-24)17-18-28-20-22-30(29(6-3)23-28)21-19-27-15-11-25(8-5-2)12-16-27/h9-16,20,22-23H,4-8H2,1-3H3. The van der Waals surface area contributed by atoms with Crippen LogP contribution in [0.4, 0.5) is 0 Å². The Kier molecular flexibility index (Phi) is 7.94. The molecule has 3 aromatic carbocycles. The van der Waals surface area contributed by atoms with E-state index in [0.29, 0.717) is 0 Å². The Bertz CT molecular complexity index is 1080. The highest BCUT2D eigenvalue weighted by Crippen LogP contribution is 2.13. The van der Waals surface area contributed by atoms with Gasteiger partial charge in [0.05, 0.1) is 0 Å². The Morgan fingerprint density at radius 3 is 1.50 bits per heavy atom. The zero-order chi connectivity index (χ0) is 21.2. The minimum Gasteiger partial charge on any atom is -0.0651 e. The van der Waals surface area contributed by atoms with Crippen LogP contribution in [0.3, 0.4) is 0 Å². The fourth-order valence-electron chi connectivity index (χ4n) is 3.46. The fraction of sp³-hybridized carbons (Fsp3) is 0.267. The Morgan fingerprint density at radius 2 is 1.00 bits per heavy atom. The SMILES string of the molecule is CCCc1ccc(C#Cc2ccc(C#Cc3ccc(CCC)cc3)c(CC)c2)cc1. The van der Waals surface area contributed by atoms with Gasteiger partial charge in [-0.2, -0.15) is 0 Å². The number of hydrogen-bond acceptors (Lipinski definition) is 0.